The fraction of sp³-hybridized carbons (Fsp3) is 0.222. The summed E-state index contributed by atoms with van der Waals surface area (Å²) in [6.07, 6.45) is -5.18. The summed E-state index contributed by atoms with van der Waals surface area (Å²) >= 11 is 12.3. The van der Waals surface area contributed by atoms with E-state index in [2.05, 4.69) is 20.0 Å². The lowest BCUT2D eigenvalue weighted by molar-refractivity contribution is -0.159. The molecule has 0 saturated heterocycles. The van der Waals surface area contributed by atoms with Crippen LogP contribution < -0.4 is 5.32 Å². The largest absolute Gasteiger partial charge is 0.471 e. The molecule has 39 heavy (non-hydrogen) atoms. The molecule has 2 heterocycles. The second-order valence-corrected chi connectivity index (χ2v) is 9.96. The molecule has 7 nitrogen and oxygen atoms in total. The molecule has 2 unspecified atom stereocenters. The van der Waals surface area contributed by atoms with Gasteiger partial charge in [-0.3, -0.25) is 9.69 Å². The van der Waals surface area contributed by atoms with Gasteiger partial charge < -0.3 is 14.9 Å². The predicted molar refractivity (Wildman–Crippen MR) is 138 cm³/mol. The number of benzene rings is 3. The first kappa shape index (κ1) is 27.1. The van der Waals surface area contributed by atoms with Crippen LogP contribution in [-0.2, 0) is 19.1 Å². The van der Waals surface area contributed by atoms with Crippen molar-refractivity contribution in [2.75, 3.05) is 6.54 Å². The summed E-state index contributed by atoms with van der Waals surface area (Å²) in [5, 5.41) is 18.3. The van der Waals surface area contributed by atoms with E-state index in [4.69, 9.17) is 23.2 Å². The number of nitrogens with zero attached hydrogens (tertiary/aromatic N) is 3. The molecule has 0 saturated carbocycles. The summed E-state index contributed by atoms with van der Waals surface area (Å²) in [5.74, 6) is -2.06. The van der Waals surface area contributed by atoms with Gasteiger partial charge in [0.25, 0.3) is 5.91 Å². The van der Waals surface area contributed by atoms with Crippen LogP contribution >= 0.6 is 23.2 Å². The summed E-state index contributed by atoms with van der Waals surface area (Å²) in [4.78, 5) is 18.2. The van der Waals surface area contributed by atoms with Crippen molar-refractivity contribution in [2.45, 2.75) is 31.4 Å². The number of carbonyl (C=O) groups is 1. The van der Waals surface area contributed by atoms with Gasteiger partial charge in [0.1, 0.15) is 6.23 Å². The quantitative estimate of drug-likeness (QED) is 0.296. The molecule has 1 aliphatic heterocycles. The van der Waals surface area contributed by atoms with Crippen molar-refractivity contribution in [1.29, 1.82) is 0 Å². The van der Waals surface area contributed by atoms with Gasteiger partial charge in [-0.25, -0.2) is 0 Å². The monoisotopic (exact) mass is 576 g/mol. The molecule has 5 rings (SSSR count). The highest BCUT2D eigenvalue weighted by atomic mass is 35.5. The van der Waals surface area contributed by atoms with Gasteiger partial charge in [0.2, 0.25) is 5.82 Å². The van der Waals surface area contributed by atoms with Crippen LogP contribution in [0.4, 0.5) is 13.2 Å². The van der Waals surface area contributed by atoms with Crippen molar-refractivity contribution >= 4 is 29.1 Å². The molecule has 2 atom stereocenters. The lowest BCUT2D eigenvalue weighted by atomic mass is 9.93. The van der Waals surface area contributed by atoms with Gasteiger partial charge in [-0.15, -0.1) is 0 Å². The Morgan fingerprint density at radius 2 is 1.74 bits per heavy atom. The van der Waals surface area contributed by atoms with E-state index in [1.54, 1.807) is 18.2 Å². The van der Waals surface area contributed by atoms with Crippen LogP contribution in [0.25, 0.3) is 11.4 Å². The van der Waals surface area contributed by atoms with Gasteiger partial charge in [0.15, 0.2) is 0 Å². The SMILES string of the molecule is O=C(NCC1Cc2ccccc2CN1C(O)c1cc(Cl)cc(Cl)c1)c1ccc(-c2noc(C(F)(F)F)n2)cc1. The molecule has 0 bridgehead atoms. The highest BCUT2D eigenvalue weighted by Gasteiger charge is 2.38. The molecule has 2 N–H and O–H groups in total. The number of hydrogen-bond donors (Lipinski definition) is 2. The molecule has 3 aromatic carbocycles. The van der Waals surface area contributed by atoms with Gasteiger partial charge in [-0.1, -0.05) is 64.8 Å². The van der Waals surface area contributed by atoms with Crippen molar-refractivity contribution in [2.24, 2.45) is 0 Å². The highest BCUT2D eigenvalue weighted by Crippen LogP contribution is 2.33. The van der Waals surface area contributed by atoms with E-state index >= 15 is 0 Å². The maximum atomic E-state index is 12.9. The second kappa shape index (κ2) is 11.0. The number of aromatic nitrogens is 2. The van der Waals surface area contributed by atoms with Gasteiger partial charge in [0, 0.05) is 40.3 Å². The van der Waals surface area contributed by atoms with Gasteiger partial charge >= 0.3 is 12.1 Å². The molecule has 202 valence electrons. The number of alkyl halides is 3. The minimum atomic E-state index is -4.74. The van der Waals surface area contributed by atoms with Crippen molar-refractivity contribution in [3.8, 4) is 11.4 Å². The molecule has 4 aromatic rings. The van der Waals surface area contributed by atoms with Crippen molar-refractivity contribution < 1.29 is 27.6 Å². The number of amides is 1. The average molecular weight is 577 g/mol. The summed E-state index contributed by atoms with van der Waals surface area (Å²) in [6, 6.07) is 18.3. The minimum Gasteiger partial charge on any atom is -0.374 e. The average Bonchev–Trinajstić information content (AvgIpc) is 3.42. The minimum absolute atomic E-state index is 0.222. The first-order chi connectivity index (χ1) is 18.6. The molecule has 1 aromatic heterocycles. The van der Waals surface area contributed by atoms with E-state index in [0.717, 1.165) is 11.1 Å². The van der Waals surface area contributed by atoms with E-state index < -0.39 is 18.3 Å². The first-order valence-corrected chi connectivity index (χ1v) is 12.6. The smallest absolute Gasteiger partial charge is 0.374 e. The second-order valence-electron chi connectivity index (χ2n) is 9.08. The predicted octanol–water partition coefficient (Wildman–Crippen LogP) is 5.91. The Hall–Kier alpha value is -3.44. The number of carbonyl (C=O) groups excluding carboxylic acids is 1. The van der Waals surface area contributed by atoms with Crippen LogP contribution in [0.5, 0.6) is 0 Å². The van der Waals surface area contributed by atoms with Crippen molar-refractivity contribution in [3.63, 3.8) is 0 Å². The van der Waals surface area contributed by atoms with Crippen LogP contribution in [0.2, 0.25) is 10.0 Å². The standard InChI is InChI=1S/C27H21Cl2F3N4O3/c28-20-9-19(10-21(29)12-20)25(38)36-14-18-4-2-1-3-17(18)11-22(36)13-33-24(37)16-7-5-15(6-8-16)23-34-26(39-35-23)27(30,31)32/h1-10,12,22,25,38H,11,13-14H2,(H,33,37). The molecule has 0 spiro atoms. The van der Waals surface area contributed by atoms with Crippen LogP contribution in [0, 0.1) is 0 Å². The van der Waals surface area contributed by atoms with Crippen molar-refractivity contribution in [1.82, 2.24) is 20.4 Å². The third-order valence-electron chi connectivity index (χ3n) is 6.47. The lowest BCUT2D eigenvalue weighted by Gasteiger charge is -2.40. The number of halogens is 5. The Morgan fingerprint density at radius 3 is 2.38 bits per heavy atom. The Balaban J connectivity index is 1.31. The Morgan fingerprint density at radius 1 is 1.08 bits per heavy atom. The normalized spacial score (nSPS) is 16.5. The summed E-state index contributed by atoms with van der Waals surface area (Å²) < 4.78 is 42.5. The van der Waals surface area contributed by atoms with Crippen LogP contribution in [-0.4, -0.2) is 38.6 Å². The number of rotatable bonds is 6. The van der Waals surface area contributed by atoms with Gasteiger partial charge in [-0.05, 0) is 53.4 Å². The summed E-state index contributed by atoms with van der Waals surface area (Å²) in [5.41, 5.74) is 3.28. The van der Waals surface area contributed by atoms with E-state index in [9.17, 15) is 23.1 Å². The summed E-state index contributed by atoms with van der Waals surface area (Å²) in [6.45, 7) is 0.668. The Kier molecular flexibility index (Phi) is 7.64. The van der Waals surface area contributed by atoms with E-state index in [0.29, 0.717) is 34.1 Å². The Labute approximate surface area is 231 Å². The van der Waals surface area contributed by atoms with Gasteiger partial charge in [0.05, 0.1) is 0 Å². The molecule has 0 fully saturated rings. The van der Waals surface area contributed by atoms with E-state index in [1.165, 1.54) is 24.3 Å². The topological polar surface area (TPSA) is 91.5 Å². The van der Waals surface area contributed by atoms with Gasteiger partial charge in [-0.2, -0.15) is 18.2 Å². The number of nitrogens with one attached hydrogen (secondary N) is 1. The molecule has 0 radical (unpaired) electrons. The Bertz CT molecular complexity index is 1470. The molecule has 1 amide bonds. The highest BCUT2D eigenvalue weighted by molar-refractivity contribution is 6.34. The molecular formula is C27H21Cl2F3N4O3. The summed E-state index contributed by atoms with van der Waals surface area (Å²) in [7, 11) is 0. The number of fused-ring (bicyclic) bond motifs is 1. The van der Waals surface area contributed by atoms with Crippen LogP contribution in [0.3, 0.4) is 0 Å². The van der Waals surface area contributed by atoms with Crippen LogP contribution in [0.15, 0.2) is 71.3 Å². The van der Waals surface area contributed by atoms with E-state index in [-0.39, 0.29) is 29.9 Å². The maximum Gasteiger partial charge on any atom is 0.471 e. The number of aliphatic hydroxyl groups excluding tert-OH is 1. The first-order valence-electron chi connectivity index (χ1n) is 11.8. The lowest BCUT2D eigenvalue weighted by Crippen LogP contribution is -2.48. The zero-order valence-electron chi connectivity index (χ0n) is 20.1. The maximum absolute atomic E-state index is 12.9. The molecule has 0 aliphatic carbocycles. The third kappa shape index (κ3) is 6.09. The molecule has 1 aliphatic rings. The molecular weight excluding hydrogens is 556 g/mol. The third-order valence-corrected chi connectivity index (χ3v) is 6.90. The number of aliphatic hydroxyl groups is 1. The zero-order valence-corrected chi connectivity index (χ0v) is 21.6. The fourth-order valence-corrected chi connectivity index (χ4v) is 5.08. The van der Waals surface area contributed by atoms with E-state index in [1.807, 2.05) is 29.2 Å². The van der Waals surface area contributed by atoms with Crippen molar-refractivity contribution in [3.05, 3.63) is 105 Å². The molecule has 12 heteroatoms. The van der Waals surface area contributed by atoms with Crippen LogP contribution in [0.1, 0.15) is 39.2 Å². The zero-order chi connectivity index (χ0) is 27.7. The fourth-order valence-electron chi connectivity index (χ4n) is 4.54. The number of hydrogen-bond acceptors (Lipinski definition) is 6.